The first-order valence-corrected chi connectivity index (χ1v) is 17.2. The average molecular weight is 640 g/mol. The van der Waals surface area contributed by atoms with Crippen LogP contribution in [0.15, 0.2) is 29.6 Å². The van der Waals surface area contributed by atoms with Gasteiger partial charge in [0.25, 0.3) is 5.91 Å². The molecule has 0 unspecified atom stereocenters. The molecule has 11 nitrogen and oxygen atoms in total. The largest absolute Gasteiger partial charge is 0.383 e. The number of hydrogen-bond donors (Lipinski definition) is 1. The minimum Gasteiger partial charge on any atom is -0.383 e. The van der Waals surface area contributed by atoms with Gasteiger partial charge in [0, 0.05) is 62.9 Å². The Morgan fingerprint density at radius 2 is 1.87 bits per heavy atom. The van der Waals surface area contributed by atoms with Crippen molar-refractivity contribution in [2.45, 2.75) is 63.3 Å². The number of fused-ring (bicyclic) bond motifs is 1. The molecular formula is C33H45N5O6S. The van der Waals surface area contributed by atoms with Crippen molar-refractivity contribution in [3.8, 4) is 11.3 Å². The molecule has 1 aromatic heterocycles. The summed E-state index contributed by atoms with van der Waals surface area (Å²) in [6.45, 7) is 8.19. The summed E-state index contributed by atoms with van der Waals surface area (Å²) in [5.74, 6) is -0.583. The van der Waals surface area contributed by atoms with Gasteiger partial charge in [-0.3, -0.25) is 19.3 Å². The van der Waals surface area contributed by atoms with Gasteiger partial charge in [-0.2, -0.15) is 0 Å². The van der Waals surface area contributed by atoms with Crippen LogP contribution in [-0.2, 0) is 23.8 Å². The molecule has 244 valence electrons. The molecule has 4 heterocycles. The molecule has 1 saturated carbocycles. The summed E-state index contributed by atoms with van der Waals surface area (Å²) in [6.07, 6.45) is 4.11. The van der Waals surface area contributed by atoms with Crippen LogP contribution in [0.4, 0.5) is 5.13 Å². The van der Waals surface area contributed by atoms with Crippen molar-refractivity contribution < 1.29 is 28.6 Å². The van der Waals surface area contributed by atoms with Crippen molar-refractivity contribution in [2.24, 2.45) is 5.92 Å². The van der Waals surface area contributed by atoms with Gasteiger partial charge >= 0.3 is 0 Å². The smallest absolute Gasteiger partial charge is 0.251 e. The Bertz CT molecular complexity index is 1320. The molecule has 2 amide bonds. The average Bonchev–Trinajstić information content (AvgIpc) is 3.81. The maximum atomic E-state index is 14.1. The van der Waals surface area contributed by atoms with Gasteiger partial charge in [0.1, 0.15) is 30.9 Å². The van der Waals surface area contributed by atoms with Crippen LogP contribution in [0.2, 0.25) is 0 Å². The second-order valence-electron chi connectivity index (χ2n) is 12.4. The maximum absolute atomic E-state index is 14.1. The SMILES string of the molecule is CCO[C@H]1CN(C(=O)[C@@H](NC(=O)c2ccc(-c3csc(N4CCN(CCOC)CC4)n3)cc2)C2CCCCC2)[C@@H]2C(=O)CO[C@H]12. The van der Waals surface area contributed by atoms with Gasteiger partial charge in [-0.25, -0.2) is 4.98 Å². The lowest BCUT2D eigenvalue weighted by Crippen LogP contribution is -2.55. The molecule has 4 aliphatic rings. The van der Waals surface area contributed by atoms with E-state index in [1.807, 2.05) is 19.1 Å². The van der Waals surface area contributed by atoms with Crippen LogP contribution in [0.3, 0.4) is 0 Å². The van der Waals surface area contributed by atoms with Crippen LogP contribution in [0, 0.1) is 5.92 Å². The Morgan fingerprint density at radius 3 is 2.58 bits per heavy atom. The number of piperazine rings is 1. The highest BCUT2D eigenvalue weighted by Gasteiger charge is 2.54. The zero-order valence-corrected chi connectivity index (χ0v) is 27.1. The number of ketones is 1. The van der Waals surface area contributed by atoms with Crippen LogP contribution in [0.1, 0.15) is 49.4 Å². The summed E-state index contributed by atoms with van der Waals surface area (Å²) >= 11 is 1.64. The van der Waals surface area contributed by atoms with Gasteiger partial charge in [0.2, 0.25) is 5.91 Å². The number of nitrogens with zero attached hydrogens (tertiary/aromatic N) is 4. The summed E-state index contributed by atoms with van der Waals surface area (Å²) < 4.78 is 16.8. The highest BCUT2D eigenvalue weighted by atomic mass is 32.1. The molecule has 4 fully saturated rings. The predicted octanol–water partition coefficient (Wildman–Crippen LogP) is 2.84. The Hall–Kier alpha value is -2.90. The molecule has 3 aliphatic heterocycles. The highest BCUT2D eigenvalue weighted by Crippen LogP contribution is 2.34. The molecule has 1 N–H and O–H groups in total. The van der Waals surface area contributed by atoms with E-state index in [0.29, 0.717) is 18.7 Å². The van der Waals surface area contributed by atoms with Gasteiger partial charge in [-0.15, -0.1) is 11.3 Å². The molecule has 1 aromatic carbocycles. The summed E-state index contributed by atoms with van der Waals surface area (Å²) in [7, 11) is 1.74. The van der Waals surface area contributed by atoms with Gasteiger partial charge < -0.3 is 29.3 Å². The molecule has 0 bridgehead atoms. The molecular weight excluding hydrogens is 594 g/mol. The van der Waals surface area contributed by atoms with E-state index in [2.05, 4.69) is 20.5 Å². The Morgan fingerprint density at radius 1 is 1.11 bits per heavy atom. The van der Waals surface area contributed by atoms with E-state index >= 15 is 0 Å². The summed E-state index contributed by atoms with van der Waals surface area (Å²) in [5.41, 5.74) is 2.31. The Kier molecular flexibility index (Phi) is 10.5. The van der Waals surface area contributed by atoms with Crippen LogP contribution in [-0.4, -0.2) is 123 Å². The number of carbonyl (C=O) groups excluding carboxylic acids is 3. The van der Waals surface area contributed by atoms with Crippen LogP contribution >= 0.6 is 11.3 Å². The third-order valence-corrected chi connectivity index (χ3v) is 10.6. The summed E-state index contributed by atoms with van der Waals surface area (Å²) in [5, 5.41) is 6.16. The number of carbonyl (C=O) groups is 3. The van der Waals surface area contributed by atoms with Crippen LogP contribution in [0.25, 0.3) is 11.3 Å². The van der Waals surface area contributed by atoms with E-state index in [4.69, 9.17) is 19.2 Å². The number of ether oxygens (including phenoxy) is 3. The Labute approximate surface area is 269 Å². The second kappa shape index (κ2) is 14.7. The quantitative estimate of drug-likeness (QED) is 0.397. The maximum Gasteiger partial charge on any atom is 0.251 e. The van der Waals surface area contributed by atoms with Crippen molar-refractivity contribution in [1.82, 2.24) is 20.1 Å². The van der Waals surface area contributed by atoms with Gasteiger partial charge in [0.05, 0.1) is 18.8 Å². The summed E-state index contributed by atoms with van der Waals surface area (Å²) in [6, 6.07) is 6.07. The molecule has 3 saturated heterocycles. The van der Waals surface area contributed by atoms with E-state index in [0.717, 1.165) is 87.8 Å². The van der Waals surface area contributed by atoms with E-state index in [9.17, 15) is 14.4 Å². The molecule has 1 aliphatic carbocycles. The number of anilines is 1. The van der Waals surface area contributed by atoms with Gasteiger partial charge in [-0.05, 0) is 37.8 Å². The van der Waals surface area contributed by atoms with E-state index < -0.39 is 18.2 Å². The number of likely N-dealkylation sites (tertiary alicyclic amines) is 1. The van der Waals surface area contributed by atoms with Crippen LogP contribution in [0.5, 0.6) is 0 Å². The number of nitrogens with one attached hydrogen (secondary N) is 1. The number of hydrogen-bond acceptors (Lipinski definition) is 10. The van der Waals surface area contributed by atoms with Crippen molar-refractivity contribution in [1.29, 1.82) is 0 Å². The minimum absolute atomic E-state index is 0.0124. The molecule has 4 atom stereocenters. The molecule has 12 heteroatoms. The third kappa shape index (κ3) is 7.10. The Balaban J connectivity index is 1.12. The number of aromatic nitrogens is 1. The predicted molar refractivity (Wildman–Crippen MR) is 172 cm³/mol. The normalized spacial score (nSPS) is 25.0. The number of amides is 2. The summed E-state index contributed by atoms with van der Waals surface area (Å²) in [4.78, 5) is 51.7. The minimum atomic E-state index is -0.706. The first-order valence-electron chi connectivity index (χ1n) is 16.4. The second-order valence-corrected chi connectivity index (χ2v) is 13.3. The van der Waals surface area contributed by atoms with Crippen molar-refractivity contribution in [2.75, 3.05) is 71.1 Å². The lowest BCUT2D eigenvalue weighted by atomic mass is 9.83. The van der Waals surface area contributed by atoms with Crippen LogP contribution < -0.4 is 10.2 Å². The molecule has 6 rings (SSSR count). The standard InChI is InChI=1S/C33H45N5O6S/c1-3-43-27-19-38(29-26(39)20-44-30(27)29)32(41)28(23-7-5-4-6-8-23)35-31(40)24-11-9-22(10-12-24)25-21-45-33(34-25)37-15-13-36(14-16-37)17-18-42-2/h9-12,21,23,27-30H,3-8,13-20H2,1-2H3,(H,35,40)/t27-,28-,29+,30+/m0/s1. The fraction of sp³-hybridized carbons (Fsp3) is 0.636. The fourth-order valence-electron chi connectivity index (χ4n) is 7.17. The number of rotatable bonds is 11. The van der Waals surface area contributed by atoms with E-state index in [1.165, 1.54) is 0 Å². The monoisotopic (exact) mass is 639 g/mol. The first-order chi connectivity index (χ1) is 22.0. The fourth-order valence-corrected chi connectivity index (χ4v) is 8.06. The first kappa shape index (κ1) is 32.1. The topological polar surface area (TPSA) is 114 Å². The zero-order valence-electron chi connectivity index (χ0n) is 26.3. The molecule has 45 heavy (non-hydrogen) atoms. The lowest BCUT2D eigenvalue weighted by molar-refractivity contribution is -0.139. The molecule has 2 aromatic rings. The number of Topliss-reactive ketones (excluding diaryl/α,β-unsaturated/α-hetero) is 1. The van der Waals surface area contributed by atoms with Crippen molar-refractivity contribution in [3.05, 3.63) is 35.2 Å². The number of benzene rings is 1. The third-order valence-electron chi connectivity index (χ3n) is 9.67. The zero-order chi connectivity index (χ0) is 31.3. The lowest BCUT2D eigenvalue weighted by Gasteiger charge is -2.34. The number of methoxy groups -OCH3 is 1. The van der Waals surface area contributed by atoms with Gasteiger partial charge in [0.15, 0.2) is 10.9 Å². The molecule has 0 spiro atoms. The highest BCUT2D eigenvalue weighted by molar-refractivity contribution is 7.14. The van der Waals surface area contributed by atoms with Crippen molar-refractivity contribution >= 4 is 34.1 Å². The van der Waals surface area contributed by atoms with E-state index in [1.54, 1.807) is 35.5 Å². The number of thiazole rings is 1. The molecule has 0 radical (unpaired) electrons. The van der Waals surface area contributed by atoms with Gasteiger partial charge in [-0.1, -0.05) is 31.4 Å². The van der Waals surface area contributed by atoms with E-state index in [-0.39, 0.29) is 36.2 Å². The van der Waals surface area contributed by atoms with Crippen molar-refractivity contribution in [3.63, 3.8) is 0 Å².